The van der Waals surface area contributed by atoms with Crippen molar-refractivity contribution in [3.8, 4) is 0 Å². The van der Waals surface area contributed by atoms with Gasteiger partial charge in [0.1, 0.15) is 5.60 Å². The lowest BCUT2D eigenvalue weighted by molar-refractivity contribution is -0.138. The molecule has 0 aliphatic heterocycles. The second-order valence-corrected chi connectivity index (χ2v) is 5.31. The van der Waals surface area contributed by atoms with Gasteiger partial charge in [-0.05, 0) is 34.6 Å². The number of carboxylic acid groups (broad SMARTS) is 1. The summed E-state index contributed by atoms with van der Waals surface area (Å²) in [5.41, 5.74) is -1.07. The second-order valence-electron chi connectivity index (χ2n) is 5.31. The number of carboxylic acids is 1. The summed E-state index contributed by atoms with van der Waals surface area (Å²) < 4.78 is 5.08. The molecular formula is C12H21NO4. The van der Waals surface area contributed by atoms with Crippen molar-refractivity contribution in [2.75, 3.05) is 0 Å². The zero-order chi connectivity index (χ0) is 13.9. The van der Waals surface area contributed by atoms with E-state index in [0.717, 1.165) is 0 Å². The number of carbonyl (C=O) groups is 2. The average Bonchev–Trinajstić information content (AvgIpc) is 1.96. The van der Waals surface area contributed by atoms with E-state index >= 15 is 0 Å². The zero-order valence-corrected chi connectivity index (χ0v) is 11.1. The molecule has 0 aromatic rings. The van der Waals surface area contributed by atoms with E-state index in [9.17, 15) is 9.59 Å². The van der Waals surface area contributed by atoms with Gasteiger partial charge in [0.2, 0.25) is 0 Å². The van der Waals surface area contributed by atoms with E-state index in [1.807, 2.05) is 0 Å². The van der Waals surface area contributed by atoms with E-state index in [-0.39, 0.29) is 6.42 Å². The van der Waals surface area contributed by atoms with Crippen molar-refractivity contribution in [2.24, 2.45) is 0 Å². The SMILES string of the molecule is C=C(C)[C@@](C)(CC(=O)O)NC(=O)OC(C)(C)C. The van der Waals surface area contributed by atoms with E-state index in [2.05, 4.69) is 11.9 Å². The van der Waals surface area contributed by atoms with Gasteiger partial charge >= 0.3 is 12.1 Å². The van der Waals surface area contributed by atoms with Crippen LogP contribution in [0.2, 0.25) is 0 Å². The molecule has 0 aliphatic rings. The Labute approximate surface area is 102 Å². The number of ether oxygens (including phenoxy) is 1. The fourth-order valence-corrected chi connectivity index (χ4v) is 1.13. The number of alkyl carbamates (subject to hydrolysis) is 1. The molecule has 1 atom stereocenters. The summed E-state index contributed by atoms with van der Waals surface area (Å²) in [6, 6.07) is 0. The maximum absolute atomic E-state index is 11.6. The lowest BCUT2D eigenvalue weighted by Gasteiger charge is -2.31. The summed E-state index contributed by atoms with van der Waals surface area (Å²) in [6.45, 7) is 12.2. The number of nitrogens with one attached hydrogen (secondary N) is 1. The van der Waals surface area contributed by atoms with Crippen molar-refractivity contribution in [3.05, 3.63) is 12.2 Å². The van der Waals surface area contributed by atoms with Crippen molar-refractivity contribution < 1.29 is 19.4 Å². The third-order valence-corrected chi connectivity index (χ3v) is 2.22. The van der Waals surface area contributed by atoms with E-state index < -0.39 is 23.2 Å². The van der Waals surface area contributed by atoms with Crippen LogP contribution in [-0.2, 0) is 9.53 Å². The monoisotopic (exact) mass is 243 g/mol. The molecule has 0 saturated heterocycles. The fraction of sp³-hybridized carbons (Fsp3) is 0.667. The summed E-state index contributed by atoms with van der Waals surface area (Å²) in [4.78, 5) is 22.3. The Hall–Kier alpha value is -1.52. The quantitative estimate of drug-likeness (QED) is 0.743. The molecule has 0 heterocycles. The number of amides is 1. The highest BCUT2D eigenvalue weighted by atomic mass is 16.6. The number of rotatable bonds is 4. The van der Waals surface area contributed by atoms with Gasteiger partial charge in [0.15, 0.2) is 0 Å². The first-order chi connectivity index (χ1) is 7.46. The summed E-state index contributed by atoms with van der Waals surface area (Å²) >= 11 is 0. The van der Waals surface area contributed by atoms with Crippen LogP contribution in [0.15, 0.2) is 12.2 Å². The zero-order valence-electron chi connectivity index (χ0n) is 11.1. The van der Waals surface area contributed by atoms with Gasteiger partial charge in [-0.3, -0.25) is 4.79 Å². The largest absolute Gasteiger partial charge is 0.481 e. The predicted molar refractivity (Wildman–Crippen MR) is 64.8 cm³/mol. The first-order valence-corrected chi connectivity index (χ1v) is 5.35. The molecule has 0 rings (SSSR count). The second kappa shape index (κ2) is 5.21. The van der Waals surface area contributed by atoms with Crippen LogP contribution in [-0.4, -0.2) is 28.3 Å². The molecule has 2 N–H and O–H groups in total. The fourth-order valence-electron chi connectivity index (χ4n) is 1.13. The van der Waals surface area contributed by atoms with Crippen molar-refractivity contribution in [2.45, 2.75) is 52.2 Å². The molecule has 0 radical (unpaired) electrons. The molecule has 0 spiro atoms. The standard InChI is InChI=1S/C12H21NO4/c1-8(2)12(6,7-9(14)15)13-10(16)17-11(3,4)5/h1,7H2,2-6H3,(H,13,16)(H,14,15)/t12-/m1/s1. The van der Waals surface area contributed by atoms with Crippen molar-refractivity contribution in [1.82, 2.24) is 5.32 Å². The van der Waals surface area contributed by atoms with Gasteiger partial charge in [0.05, 0.1) is 12.0 Å². The Bertz CT molecular complexity index is 330. The third kappa shape index (κ3) is 5.94. The van der Waals surface area contributed by atoms with E-state index in [1.165, 1.54) is 0 Å². The number of hydrogen-bond acceptors (Lipinski definition) is 3. The molecule has 98 valence electrons. The first-order valence-electron chi connectivity index (χ1n) is 5.35. The Morgan fingerprint density at radius 3 is 2.06 bits per heavy atom. The molecule has 0 aromatic carbocycles. The number of carbonyl (C=O) groups excluding carboxylic acids is 1. The number of aliphatic carboxylic acids is 1. The molecule has 1 amide bonds. The van der Waals surface area contributed by atoms with Crippen LogP contribution in [0.3, 0.4) is 0 Å². The highest BCUT2D eigenvalue weighted by molar-refractivity contribution is 5.74. The van der Waals surface area contributed by atoms with Crippen LogP contribution in [0, 0.1) is 0 Å². The molecule has 0 bridgehead atoms. The maximum Gasteiger partial charge on any atom is 0.408 e. The van der Waals surface area contributed by atoms with Crippen LogP contribution in [0.5, 0.6) is 0 Å². The normalized spacial score (nSPS) is 14.6. The molecule has 0 saturated carbocycles. The van der Waals surface area contributed by atoms with Crippen LogP contribution in [0.25, 0.3) is 0 Å². The minimum Gasteiger partial charge on any atom is -0.481 e. The van der Waals surface area contributed by atoms with Crippen LogP contribution >= 0.6 is 0 Å². The summed E-state index contributed by atoms with van der Waals surface area (Å²) in [5.74, 6) is -1.01. The third-order valence-electron chi connectivity index (χ3n) is 2.22. The summed E-state index contributed by atoms with van der Waals surface area (Å²) in [5, 5.41) is 11.3. The van der Waals surface area contributed by atoms with Crippen LogP contribution < -0.4 is 5.32 Å². The van der Waals surface area contributed by atoms with Gasteiger partial charge in [-0.2, -0.15) is 0 Å². The van der Waals surface area contributed by atoms with Crippen molar-refractivity contribution >= 4 is 12.1 Å². The van der Waals surface area contributed by atoms with E-state index in [4.69, 9.17) is 9.84 Å². The Kier molecular flexibility index (Phi) is 4.74. The van der Waals surface area contributed by atoms with Crippen molar-refractivity contribution in [1.29, 1.82) is 0 Å². The molecule has 5 heteroatoms. The van der Waals surface area contributed by atoms with Gasteiger partial charge in [-0.25, -0.2) is 4.79 Å². The van der Waals surface area contributed by atoms with Gasteiger partial charge < -0.3 is 15.2 Å². The maximum atomic E-state index is 11.6. The topological polar surface area (TPSA) is 75.6 Å². The van der Waals surface area contributed by atoms with Gasteiger partial charge in [0.25, 0.3) is 0 Å². The lowest BCUT2D eigenvalue weighted by Crippen LogP contribution is -2.49. The summed E-state index contributed by atoms with van der Waals surface area (Å²) in [6.07, 6.45) is -0.883. The minimum atomic E-state index is -1.01. The van der Waals surface area contributed by atoms with E-state index in [1.54, 1.807) is 34.6 Å². The molecule has 0 aliphatic carbocycles. The predicted octanol–water partition coefficient (Wildman–Crippen LogP) is 2.32. The lowest BCUT2D eigenvalue weighted by atomic mass is 9.90. The highest BCUT2D eigenvalue weighted by Gasteiger charge is 2.32. The summed E-state index contributed by atoms with van der Waals surface area (Å²) in [7, 11) is 0. The number of hydrogen-bond donors (Lipinski definition) is 2. The van der Waals surface area contributed by atoms with Crippen LogP contribution in [0.1, 0.15) is 41.0 Å². The average molecular weight is 243 g/mol. The smallest absolute Gasteiger partial charge is 0.408 e. The van der Waals surface area contributed by atoms with Crippen LogP contribution in [0.4, 0.5) is 4.79 Å². The van der Waals surface area contributed by atoms with Gasteiger partial charge in [-0.1, -0.05) is 12.2 Å². The molecular weight excluding hydrogens is 222 g/mol. The van der Waals surface area contributed by atoms with Gasteiger partial charge in [-0.15, -0.1) is 0 Å². The molecule has 0 fully saturated rings. The molecule has 0 aromatic heterocycles. The Morgan fingerprint density at radius 1 is 1.29 bits per heavy atom. The first kappa shape index (κ1) is 15.5. The Balaban J connectivity index is 4.72. The van der Waals surface area contributed by atoms with Gasteiger partial charge in [0, 0.05) is 0 Å². The molecule has 5 nitrogen and oxygen atoms in total. The molecule has 0 unspecified atom stereocenters. The van der Waals surface area contributed by atoms with E-state index in [0.29, 0.717) is 5.57 Å². The van der Waals surface area contributed by atoms with Crippen molar-refractivity contribution in [3.63, 3.8) is 0 Å². The Morgan fingerprint density at radius 2 is 1.76 bits per heavy atom. The highest BCUT2D eigenvalue weighted by Crippen LogP contribution is 2.20. The molecule has 17 heavy (non-hydrogen) atoms. The minimum absolute atomic E-state index is 0.235.